The Morgan fingerprint density at radius 1 is 1.06 bits per heavy atom. The Hall–Kier alpha value is -1.69. The lowest BCUT2D eigenvalue weighted by atomic mass is 10.2. The van der Waals surface area contributed by atoms with E-state index in [2.05, 4.69) is 15.9 Å². The van der Waals surface area contributed by atoms with Gasteiger partial charge in [-0.2, -0.15) is 0 Å². The van der Waals surface area contributed by atoms with Gasteiger partial charge in [0.05, 0.1) is 5.69 Å². The zero-order chi connectivity index (χ0) is 13.1. The average Bonchev–Trinajstić information content (AvgIpc) is 2.35. The first kappa shape index (κ1) is 12.8. The van der Waals surface area contributed by atoms with Crippen LogP contribution in [0.25, 0.3) is 0 Å². The summed E-state index contributed by atoms with van der Waals surface area (Å²) in [5.41, 5.74) is 0.486. The van der Waals surface area contributed by atoms with Crippen molar-refractivity contribution in [1.82, 2.24) is 4.90 Å². The minimum Gasteiger partial charge on any atom is -0.274 e. The molecule has 0 bridgehead atoms. The van der Waals surface area contributed by atoms with E-state index >= 15 is 0 Å². The van der Waals surface area contributed by atoms with Crippen molar-refractivity contribution in [3.05, 3.63) is 30.3 Å². The number of carbonyl (C=O) groups is 3. The standard InChI is InChI=1S/C12H11BrN2O3/c13-6-7-14-10(16)8-11(17)15(12(14)18)9-4-2-1-3-5-9/h1-5H,6-8H2. The summed E-state index contributed by atoms with van der Waals surface area (Å²) >= 11 is 3.18. The number of imide groups is 2. The molecule has 1 aliphatic rings. The lowest BCUT2D eigenvalue weighted by molar-refractivity contribution is -0.134. The molecule has 0 spiro atoms. The van der Waals surface area contributed by atoms with Crippen molar-refractivity contribution in [3.8, 4) is 0 Å². The monoisotopic (exact) mass is 310 g/mol. The number of hydrogen-bond acceptors (Lipinski definition) is 3. The van der Waals surface area contributed by atoms with E-state index in [1.54, 1.807) is 30.3 Å². The molecule has 1 fully saturated rings. The number of para-hydroxylation sites is 1. The van der Waals surface area contributed by atoms with E-state index < -0.39 is 17.8 Å². The fourth-order valence-electron chi connectivity index (χ4n) is 1.77. The molecule has 1 saturated heterocycles. The predicted molar refractivity (Wildman–Crippen MR) is 69.4 cm³/mol. The van der Waals surface area contributed by atoms with Gasteiger partial charge in [-0.25, -0.2) is 9.69 Å². The summed E-state index contributed by atoms with van der Waals surface area (Å²) in [6.07, 6.45) is -0.270. The van der Waals surface area contributed by atoms with Crippen LogP contribution in [0.5, 0.6) is 0 Å². The summed E-state index contributed by atoms with van der Waals surface area (Å²) < 4.78 is 0. The second kappa shape index (κ2) is 5.30. The maximum absolute atomic E-state index is 12.1. The van der Waals surface area contributed by atoms with Gasteiger partial charge in [-0.3, -0.25) is 14.5 Å². The topological polar surface area (TPSA) is 57.7 Å². The third-order valence-corrected chi connectivity index (χ3v) is 2.95. The summed E-state index contributed by atoms with van der Waals surface area (Å²) in [4.78, 5) is 37.7. The lowest BCUT2D eigenvalue weighted by Gasteiger charge is -2.32. The number of amides is 4. The molecular weight excluding hydrogens is 300 g/mol. The third-order valence-electron chi connectivity index (χ3n) is 2.60. The molecule has 0 atom stereocenters. The van der Waals surface area contributed by atoms with Crippen LogP contribution in [-0.2, 0) is 9.59 Å². The van der Waals surface area contributed by atoms with Crippen molar-refractivity contribution in [2.24, 2.45) is 0 Å². The Bertz CT molecular complexity index is 489. The molecule has 0 radical (unpaired) electrons. The molecule has 1 aromatic carbocycles. The van der Waals surface area contributed by atoms with Crippen LogP contribution in [0.2, 0.25) is 0 Å². The molecule has 0 N–H and O–H groups in total. The van der Waals surface area contributed by atoms with Crippen LogP contribution in [-0.4, -0.2) is 34.6 Å². The number of alkyl halides is 1. The average molecular weight is 311 g/mol. The molecule has 6 heteroatoms. The van der Waals surface area contributed by atoms with Crippen LogP contribution in [0, 0.1) is 0 Å². The van der Waals surface area contributed by atoms with E-state index in [-0.39, 0.29) is 13.0 Å². The van der Waals surface area contributed by atoms with E-state index in [0.717, 1.165) is 9.80 Å². The van der Waals surface area contributed by atoms with Gasteiger partial charge in [-0.1, -0.05) is 34.1 Å². The molecule has 94 valence electrons. The zero-order valence-corrected chi connectivity index (χ0v) is 11.1. The number of benzene rings is 1. The summed E-state index contributed by atoms with van der Waals surface area (Å²) in [6.45, 7) is 0.258. The number of carbonyl (C=O) groups excluding carboxylic acids is 3. The maximum atomic E-state index is 12.1. The zero-order valence-electron chi connectivity index (χ0n) is 9.51. The molecule has 0 aliphatic carbocycles. The Kier molecular flexibility index (Phi) is 3.76. The molecule has 0 aromatic heterocycles. The number of nitrogens with zero attached hydrogens (tertiary/aromatic N) is 2. The van der Waals surface area contributed by atoms with Crippen molar-refractivity contribution >= 4 is 39.5 Å². The first-order valence-corrected chi connectivity index (χ1v) is 6.55. The molecule has 0 unspecified atom stereocenters. The minimum absolute atomic E-state index is 0.258. The Balaban J connectivity index is 2.32. The van der Waals surface area contributed by atoms with E-state index in [0.29, 0.717) is 11.0 Å². The smallest absolute Gasteiger partial charge is 0.274 e. The molecule has 1 aliphatic heterocycles. The fourth-order valence-corrected chi connectivity index (χ4v) is 2.13. The second-order valence-corrected chi connectivity index (χ2v) is 4.55. The van der Waals surface area contributed by atoms with Crippen LogP contribution in [0.3, 0.4) is 0 Å². The number of rotatable bonds is 3. The quantitative estimate of drug-likeness (QED) is 0.631. The summed E-state index contributed by atoms with van der Waals surface area (Å²) in [5.74, 6) is -0.932. The Morgan fingerprint density at radius 3 is 2.33 bits per heavy atom. The van der Waals surface area contributed by atoms with Gasteiger partial charge in [-0.05, 0) is 12.1 Å². The largest absolute Gasteiger partial charge is 0.338 e. The summed E-state index contributed by atoms with van der Waals surface area (Å²) in [5, 5.41) is 0.487. The molecular formula is C12H11BrN2O3. The lowest BCUT2D eigenvalue weighted by Crippen LogP contribution is -2.55. The van der Waals surface area contributed by atoms with Crippen LogP contribution >= 0.6 is 15.9 Å². The first-order chi connectivity index (χ1) is 8.65. The highest BCUT2D eigenvalue weighted by Gasteiger charge is 2.38. The second-order valence-electron chi connectivity index (χ2n) is 3.76. The molecule has 5 nitrogen and oxygen atoms in total. The van der Waals surface area contributed by atoms with Crippen LogP contribution in [0.15, 0.2) is 30.3 Å². The Morgan fingerprint density at radius 2 is 1.72 bits per heavy atom. The van der Waals surface area contributed by atoms with Crippen molar-refractivity contribution in [3.63, 3.8) is 0 Å². The highest BCUT2D eigenvalue weighted by atomic mass is 79.9. The third kappa shape index (κ3) is 2.28. The number of halogens is 1. The minimum atomic E-state index is -0.582. The van der Waals surface area contributed by atoms with Crippen molar-refractivity contribution < 1.29 is 14.4 Å². The highest BCUT2D eigenvalue weighted by Crippen LogP contribution is 2.21. The van der Waals surface area contributed by atoms with Crippen molar-refractivity contribution in [2.45, 2.75) is 6.42 Å². The summed E-state index contributed by atoms with van der Waals surface area (Å²) in [7, 11) is 0. The first-order valence-electron chi connectivity index (χ1n) is 5.43. The SMILES string of the molecule is O=C1CC(=O)N(c2ccccc2)C(=O)N1CCBr. The van der Waals surface area contributed by atoms with Crippen molar-refractivity contribution in [2.75, 3.05) is 16.8 Å². The van der Waals surface area contributed by atoms with Crippen molar-refractivity contribution in [1.29, 1.82) is 0 Å². The molecule has 4 amide bonds. The van der Waals surface area contributed by atoms with Gasteiger partial charge in [0.15, 0.2) is 0 Å². The van der Waals surface area contributed by atoms with Gasteiger partial charge >= 0.3 is 6.03 Å². The van der Waals surface area contributed by atoms with Gasteiger partial charge in [0.1, 0.15) is 6.42 Å². The molecule has 18 heavy (non-hydrogen) atoms. The van der Waals surface area contributed by atoms with E-state index in [1.165, 1.54) is 0 Å². The highest BCUT2D eigenvalue weighted by molar-refractivity contribution is 9.09. The van der Waals surface area contributed by atoms with Crippen LogP contribution in [0.1, 0.15) is 6.42 Å². The van der Waals surface area contributed by atoms with Gasteiger partial charge in [0, 0.05) is 11.9 Å². The Labute approximate surface area is 112 Å². The normalized spacial score (nSPS) is 16.4. The van der Waals surface area contributed by atoms with Crippen LogP contribution in [0.4, 0.5) is 10.5 Å². The fraction of sp³-hybridized carbons (Fsp3) is 0.250. The van der Waals surface area contributed by atoms with Gasteiger partial charge in [-0.15, -0.1) is 0 Å². The maximum Gasteiger partial charge on any atom is 0.338 e. The van der Waals surface area contributed by atoms with E-state index in [1.807, 2.05) is 0 Å². The van der Waals surface area contributed by atoms with Gasteiger partial charge in [0.25, 0.3) is 0 Å². The number of barbiturate groups is 1. The molecule has 0 saturated carbocycles. The molecule has 1 heterocycles. The molecule has 2 rings (SSSR count). The van der Waals surface area contributed by atoms with Gasteiger partial charge < -0.3 is 0 Å². The predicted octanol–water partition coefficient (Wildman–Crippen LogP) is 1.77. The number of urea groups is 1. The summed E-state index contributed by atoms with van der Waals surface area (Å²) in [6, 6.07) is 8.02. The van der Waals surface area contributed by atoms with Gasteiger partial charge in [0.2, 0.25) is 11.8 Å². The molecule has 1 aromatic rings. The van der Waals surface area contributed by atoms with E-state index in [9.17, 15) is 14.4 Å². The number of anilines is 1. The van der Waals surface area contributed by atoms with Crippen LogP contribution < -0.4 is 4.90 Å². The number of hydrogen-bond donors (Lipinski definition) is 0. The van der Waals surface area contributed by atoms with E-state index in [4.69, 9.17) is 0 Å².